The normalized spacial score (nSPS) is 10.3. The van der Waals surface area contributed by atoms with E-state index in [4.69, 9.17) is 16.3 Å². The zero-order valence-corrected chi connectivity index (χ0v) is 13.4. The molecular weight excluding hydrogens is 308 g/mol. The van der Waals surface area contributed by atoms with Crippen molar-refractivity contribution >= 4 is 17.4 Å². The molecule has 0 aromatic heterocycles. The molecule has 0 aliphatic rings. The summed E-state index contributed by atoms with van der Waals surface area (Å²) < 4.78 is 5.26. The number of ether oxygens (including phenoxy) is 1. The van der Waals surface area contributed by atoms with Crippen LogP contribution in [0, 0.1) is 0 Å². The van der Waals surface area contributed by atoms with E-state index in [9.17, 15) is 4.79 Å². The van der Waals surface area contributed by atoms with Gasteiger partial charge in [0.2, 0.25) is 0 Å². The van der Waals surface area contributed by atoms with Crippen LogP contribution in [0.2, 0.25) is 5.02 Å². The van der Waals surface area contributed by atoms with E-state index in [0.29, 0.717) is 21.9 Å². The van der Waals surface area contributed by atoms with E-state index in [1.54, 1.807) is 25.3 Å². The number of benzene rings is 3. The van der Waals surface area contributed by atoms with Crippen LogP contribution in [0.15, 0.2) is 72.8 Å². The van der Waals surface area contributed by atoms with Crippen molar-refractivity contribution in [1.82, 2.24) is 0 Å². The molecule has 0 saturated heterocycles. The third kappa shape index (κ3) is 3.27. The topological polar surface area (TPSA) is 26.3 Å². The Labute approximate surface area is 140 Å². The van der Waals surface area contributed by atoms with Crippen molar-refractivity contribution < 1.29 is 9.53 Å². The second-order valence-electron chi connectivity index (χ2n) is 5.12. The number of hydrogen-bond acceptors (Lipinski definition) is 2. The van der Waals surface area contributed by atoms with E-state index in [0.717, 1.165) is 11.1 Å². The number of halogens is 1. The molecule has 0 saturated carbocycles. The second-order valence-corrected chi connectivity index (χ2v) is 5.55. The zero-order valence-electron chi connectivity index (χ0n) is 12.6. The lowest BCUT2D eigenvalue weighted by atomic mass is 9.99. The van der Waals surface area contributed by atoms with E-state index in [-0.39, 0.29) is 5.78 Å². The Bertz CT molecular complexity index is 824. The molecule has 0 radical (unpaired) electrons. The zero-order chi connectivity index (χ0) is 16.2. The fourth-order valence-electron chi connectivity index (χ4n) is 2.46. The molecular formula is C20H15ClO2. The van der Waals surface area contributed by atoms with Crippen LogP contribution >= 0.6 is 11.6 Å². The van der Waals surface area contributed by atoms with Crippen LogP contribution in [0.1, 0.15) is 15.9 Å². The Morgan fingerprint density at radius 3 is 2.17 bits per heavy atom. The average molecular weight is 323 g/mol. The van der Waals surface area contributed by atoms with Crippen LogP contribution < -0.4 is 4.74 Å². The summed E-state index contributed by atoms with van der Waals surface area (Å²) in [6.45, 7) is 0. The molecule has 3 rings (SSSR count). The monoisotopic (exact) mass is 322 g/mol. The predicted molar refractivity (Wildman–Crippen MR) is 93.3 cm³/mol. The molecule has 0 N–H and O–H groups in total. The lowest BCUT2D eigenvalue weighted by molar-refractivity contribution is 0.103. The highest BCUT2D eigenvalue weighted by atomic mass is 35.5. The smallest absolute Gasteiger partial charge is 0.196 e. The molecule has 0 spiro atoms. The third-order valence-corrected chi connectivity index (χ3v) is 3.90. The van der Waals surface area contributed by atoms with Gasteiger partial charge >= 0.3 is 0 Å². The average Bonchev–Trinajstić information content (AvgIpc) is 2.62. The minimum absolute atomic E-state index is 0.107. The van der Waals surface area contributed by atoms with Gasteiger partial charge in [-0.1, -0.05) is 66.2 Å². The first kappa shape index (κ1) is 15.3. The fourth-order valence-corrected chi connectivity index (χ4v) is 2.63. The first-order valence-corrected chi connectivity index (χ1v) is 7.60. The Hall–Kier alpha value is -2.58. The largest absolute Gasteiger partial charge is 0.496 e. The van der Waals surface area contributed by atoms with Gasteiger partial charge in [-0.05, 0) is 29.3 Å². The minimum atomic E-state index is -0.107. The van der Waals surface area contributed by atoms with E-state index < -0.39 is 0 Å². The molecule has 0 aliphatic carbocycles. The van der Waals surface area contributed by atoms with E-state index >= 15 is 0 Å². The number of methoxy groups -OCH3 is 1. The molecule has 2 nitrogen and oxygen atoms in total. The molecule has 23 heavy (non-hydrogen) atoms. The van der Waals surface area contributed by atoms with Gasteiger partial charge in [0.15, 0.2) is 5.78 Å². The van der Waals surface area contributed by atoms with Crippen molar-refractivity contribution in [2.75, 3.05) is 7.11 Å². The maximum Gasteiger partial charge on any atom is 0.196 e. The van der Waals surface area contributed by atoms with Crippen LogP contribution in [0.4, 0.5) is 0 Å². The Balaban J connectivity index is 1.94. The van der Waals surface area contributed by atoms with Gasteiger partial charge in [0.1, 0.15) is 5.75 Å². The first-order chi connectivity index (χ1) is 11.2. The molecule has 0 atom stereocenters. The van der Waals surface area contributed by atoms with Crippen molar-refractivity contribution in [3.63, 3.8) is 0 Å². The maximum absolute atomic E-state index is 12.7. The standard InChI is InChI=1S/C20H15ClO2/c1-23-19-12-11-17(21)13-18(19)20(22)16-9-7-15(8-10-16)14-5-3-2-4-6-14/h2-13H,1H3. The molecule has 0 bridgehead atoms. The van der Waals surface area contributed by atoms with E-state index in [1.807, 2.05) is 54.6 Å². The number of hydrogen-bond donors (Lipinski definition) is 0. The molecule has 0 amide bonds. The van der Waals surface area contributed by atoms with Gasteiger partial charge < -0.3 is 4.74 Å². The summed E-state index contributed by atoms with van der Waals surface area (Å²) in [5.41, 5.74) is 3.25. The predicted octanol–water partition coefficient (Wildman–Crippen LogP) is 5.25. The van der Waals surface area contributed by atoms with Crippen LogP contribution in [0.25, 0.3) is 11.1 Å². The highest BCUT2D eigenvalue weighted by Crippen LogP contribution is 2.26. The molecule has 0 heterocycles. The lowest BCUT2D eigenvalue weighted by Crippen LogP contribution is -2.04. The van der Waals surface area contributed by atoms with E-state index in [1.165, 1.54) is 0 Å². The van der Waals surface area contributed by atoms with Gasteiger partial charge in [-0.2, -0.15) is 0 Å². The quantitative estimate of drug-likeness (QED) is 0.613. The molecule has 0 fully saturated rings. The van der Waals surface area contributed by atoms with Crippen LogP contribution in [-0.4, -0.2) is 12.9 Å². The van der Waals surface area contributed by atoms with Crippen molar-refractivity contribution in [2.24, 2.45) is 0 Å². The van der Waals surface area contributed by atoms with E-state index in [2.05, 4.69) is 0 Å². The van der Waals surface area contributed by atoms with Gasteiger partial charge in [-0.15, -0.1) is 0 Å². The number of rotatable bonds is 4. The number of carbonyl (C=O) groups excluding carboxylic acids is 1. The highest BCUT2D eigenvalue weighted by molar-refractivity contribution is 6.31. The summed E-state index contributed by atoms with van der Waals surface area (Å²) in [4.78, 5) is 12.7. The van der Waals surface area contributed by atoms with Crippen molar-refractivity contribution in [1.29, 1.82) is 0 Å². The summed E-state index contributed by atoms with van der Waals surface area (Å²) in [5.74, 6) is 0.412. The Morgan fingerprint density at radius 1 is 0.870 bits per heavy atom. The van der Waals surface area contributed by atoms with Gasteiger partial charge in [0, 0.05) is 10.6 Å². The fraction of sp³-hybridized carbons (Fsp3) is 0.0500. The highest BCUT2D eigenvalue weighted by Gasteiger charge is 2.15. The lowest BCUT2D eigenvalue weighted by Gasteiger charge is -2.09. The second kappa shape index (κ2) is 6.67. The number of ketones is 1. The van der Waals surface area contributed by atoms with Gasteiger partial charge in [-0.3, -0.25) is 4.79 Å². The summed E-state index contributed by atoms with van der Waals surface area (Å²) in [7, 11) is 1.54. The SMILES string of the molecule is COc1ccc(Cl)cc1C(=O)c1ccc(-c2ccccc2)cc1. The molecule has 3 aromatic rings. The van der Waals surface area contributed by atoms with Crippen molar-refractivity contribution in [3.8, 4) is 16.9 Å². The number of carbonyl (C=O) groups is 1. The Morgan fingerprint density at radius 2 is 1.52 bits per heavy atom. The third-order valence-electron chi connectivity index (χ3n) is 3.66. The molecule has 3 aromatic carbocycles. The van der Waals surface area contributed by atoms with Crippen LogP contribution in [0.3, 0.4) is 0 Å². The van der Waals surface area contributed by atoms with Crippen molar-refractivity contribution in [3.05, 3.63) is 88.9 Å². The summed E-state index contributed by atoms with van der Waals surface area (Å²) in [6.07, 6.45) is 0. The van der Waals surface area contributed by atoms with Gasteiger partial charge in [0.25, 0.3) is 0 Å². The molecule has 0 aliphatic heterocycles. The van der Waals surface area contributed by atoms with Gasteiger partial charge in [0.05, 0.1) is 12.7 Å². The molecule has 3 heteroatoms. The Kier molecular flexibility index (Phi) is 4.45. The minimum Gasteiger partial charge on any atom is -0.496 e. The van der Waals surface area contributed by atoms with Crippen LogP contribution in [-0.2, 0) is 0 Å². The van der Waals surface area contributed by atoms with Crippen molar-refractivity contribution in [2.45, 2.75) is 0 Å². The summed E-state index contributed by atoms with van der Waals surface area (Å²) >= 11 is 6.00. The molecule has 0 unspecified atom stereocenters. The first-order valence-electron chi connectivity index (χ1n) is 7.23. The summed E-state index contributed by atoms with van der Waals surface area (Å²) in [5, 5.41) is 0.509. The molecule has 114 valence electrons. The maximum atomic E-state index is 12.7. The van der Waals surface area contributed by atoms with Gasteiger partial charge in [-0.25, -0.2) is 0 Å². The summed E-state index contributed by atoms with van der Waals surface area (Å²) in [6, 6.07) is 22.6. The van der Waals surface area contributed by atoms with Crippen LogP contribution in [0.5, 0.6) is 5.75 Å².